The monoisotopic (exact) mass is 368 g/mol. The Kier molecular flexibility index (Phi) is 6.70. The van der Waals surface area contributed by atoms with E-state index < -0.39 is 6.04 Å². The van der Waals surface area contributed by atoms with Gasteiger partial charge in [-0.05, 0) is 37.1 Å². The summed E-state index contributed by atoms with van der Waals surface area (Å²) in [6.45, 7) is 1.91. The van der Waals surface area contributed by atoms with Crippen LogP contribution in [0.2, 0.25) is 10.0 Å². The Labute approximate surface area is 150 Å². The lowest BCUT2D eigenvalue weighted by molar-refractivity contribution is -0.128. The molecule has 5 nitrogen and oxygen atoms in total. The van der Waals surface area contributed by atoms with Gasteiger partial charge in [-0.15, -0.1) is 0 Å². The second-order valence-electron chi connectivity index (χ2n) is 5.30. The summed E-state index contributed by atoms with van der Waals surface area (Å²) in [6, 6.07) is 8.17. The lowest BCUT2D eigenvalue weighted by Gasteiger charge is -2.14. The fraction of sp³-hybridized carbons (Fsp3) is 0.294. The van der Waals surface area contributed by atoms with Crippen LogP contribution < -0.4 is 10.6 Å². The van der Waals surface area contributed by atoms with Gasteiger partial charge in [-0.25, -0.2) is 0 Å². The van der Waals surface area contributed by atoms with Crippen molar-refractivity contribution in [2.24, 2.45) is 0 Å². The molecule has 0 radical (unpaired) electrons. The first-order chi connectivity index (χ1) is 11.5. The molecule has 0 spiro atoms. The highest BCUT2D eigenvalue weighted by Crippen LogP contribution is 2.26. The third-order valence-electron chi connectivity index (χ3n) is 3.44. The van der Waals surface area contributed by atoms with Crippen LogP contribution in [0.1, 0.15) is 24.7 Å². The van der Waals surface area contributed by atoms with Gasteiger partial charge in [0.2, 0.25) is 11.8 Å². The summed E-state index contributed by atoms with van der Waals surface area (Å²) >= 11 is 12.0. The predicted molar refractivity (Wildman–Crippen MR) is 92.9 cm³/mol. The molecule has 2 N–H and O–H groups in total. The number of hydrogen-bond acceptors (Lipinski definition) is 3. The molecular formula is C17H18Cl2N2O3. The lowest BCUT2D eigenvalue weighted by Crippen LogP contribution is -2.44. The van der Waals surface area contributed by atoms with Crippen LogP contribution in [0, 0.1) is 0 Å². The highest BCUT2D eigenvalue weighted by Gasteiger charge is 2.16. The van der Waals surface area contributed by atoms with Crippen molar-refractivity contribution in [1.29, 1.82) is 0 Å². The molecular weight excluding hydrogens is 351 g/mol. The first kappa shape index (κ1) is 18.4. The molecule has 0 saturated heterocycles. The van der Waals surface area contributed by atoms with E-state index in [0.29, 0.717) is 22.2 Å². The average molecular weight is 369 g/mol. The van der Waals surface area contributed by atoms with Crippen LogP contribution in [0.5, 0.6) is 0 Å². The number of halogens is 2. The largest absolute Gasteiger partial charge is 0.467 e. The number of furan rings is 1. The van der Waals surface area contributed by atoms with Crippen LogP contribution >= 0.6 is 23.2 Å². The summed E-state index contributed by atoms with van der Waals surface area (Å²) in [7, 11) is 0. The van der Waals surface area contributed by atoms with Crippen molar-refractivity contribution in [1.82, 2.24) is 10.6 Å². The van der Waals surface area contributed by atoms with Crippen LogP contribution in [0.15, 0.2) is 41.0 Å². The summed E-state index contributed by atoms with van der Waals surface area (Å²) in [5.74, 6) is 0.143. The molecule has 0 saturated carbocycles. The van der Waals surface area contributed by atoms with E-state index in [2.05, 4.69) is 10.6 Å². The van der Waals surface area contributed by atoms with Crippen molar-refractivity contribution in [3.63, 3.8) is 0 Å². The van der Waals surface area contributed by atoms with Crippen molar-refractivity contribution in [2.45, 2.75) is 32.4 Å². The van der Waals surface area contributed by atoms with Crippen molar-refractivity contribution in [2.75, 3.05) is 0 Å². The Balaban J connectivity index is 1.76. The number of carbonyl (C=O) groups excluding carboxylic acids is 2. The maximum atomic E-state index is 12.0. The summed E-state index contributed by atoms with van der Waals surface area (Å²) in [6.07, 6.45) is 2.20. The quantitative estimate of drug-likeness (QED) is 0.786. The summed E-state index contributed by atoms with van der Waals surface area (Å²) in [5.41, 5.74) is 0.800. The van der Waals surface area contributed by atoms with Gasteiger partial charge in [0.1, 0.15) is 11.8 Å². The minimum Gasteiger partial charge on any atom is -0.467 e. The van der Waals surface area contributed by atoms with Crippen LogP contribution in [0.3, 0.4) is 0 Å². The molecule has 2 rings (SSSR count). The van der Waals surface area contributed by atoms with Crippen LogP contribution in [0.25, 0.3) is 0 Å². The second-order valence-corrected chi connectivity index (χ2v) is 6.08. The minimum atomic E-state index is -0.637. The normalized spacial score (nSPS) is 11.8. The Morgan fingerprint density at radius 1 is 1.21 bits per heavy atom. The van der Waals surface area contributed by atoms with Crippen LogP contribution in [-0.4, -0.2) is 17.9 Å². The Morgan fingerprint density at radius 2 is 2.00 bits per heavy atom. The van der Waals surface area contributed by atoms with E-state index in [0.717, 1.165) is 5.56 Å². The predicted octanol–water partition coefficient (Wildman–Crippen LogP) is 3.34. The van der Waals surface area contributed by atoms with Gasteiger partial charge in [-0.3, -0.25) is 9.59 Å². The summed E-state index contributed by atoms with van der Waals surface area (Å²) in [5, 5.41) is 6.26. The third kappa shape index (κ3) is 5.28. The SMILES string of the molecule is CC(NC(=O)CCc1cccc(Cl)c1Cl)C(=O)NCc1ccco1. The zero-order chi connectivity index (χ0) is 17.5. The molecule has 0 bridgehead atoms. The van der Waals surface area contributed by atoms with Crippen LogP contribution in [0.4, 0.5) is 0 Å². The van der Waals surface area contributed by atoms with E-state index in [4.69, 9.17) is 27.6 Å². The topological polar surface area (TPSA) is 71.3 Å². The molecule has 0 aliphatic heterocycles. The molecule has 0 aliphatic carbocycles. The van der Waals surface area contributed by atoms with Gasteiger partial charge >= 0.3 is 0 Å². The van der Waals surface area contributed by atoms with E-state index in [1.54, 1.807) is 31.2 Å². The standard InChI is InChI=1S/C17H18Cl2N2O3/c1-11(17(23)20-10-13-5-3-9-24-13)21-15(22)8-7-12-4-2-6-14(18)16(12)19/h2-6,9,11H,7-8,10H2,1H3,(H,20,23)(H,21,22). The molecule has 2 aromatic rings. The van der Waals surface area contributed by atoms with E-state index in [1.807, 2.05) is 6.07 Å². The number of benzene rings is 1. The van der Waals surface area contributed by atoms with Crippen molar-refractivity contribution in [3.05, 3.63) is 58.0 Å². The minimum absolute atomic E-state index is 0.218. The molecule has 0 aliphatic rings. The molecule has 7 heteroatoms. The molecule has 1 unspecified atom stereocenters. The number of carbonyl (C=O) groups is 2. The van der Waals surface area contributed by atoms with E-state index in [9.17, 15) is 9.59 Å². The molecule has 1 aromatic carbocycles. The van der Waals surface area contributed by atoms with Crippen molar-refractivity contribution in [3.8, 4) is 0 Å². The van der Waals surface area contributed by atoms with Gasteiger partial charge in [-0.2, -0.15) is 0 Å². The fourth-order valence-electron chi connectivity index (χ4n) is 2.11. The zero-order valence-electron chi connectivity index (χ0n) is 13.1. The van der Waals surface area contributed by atoms with Gasteiger partial charge < -0.3 is 15.1 Å². The first-order valence-corrected chi connectivity index (χ1v) is 8.25. The van der Waals surface area contributed by atoms with Crippen molar-refractivity contribution < 1.29 is 14.0 Å². The molecule has 128 valence electrons. The molecule has 1 aromatic heterocycles. The van der Waals surface area contributed by atoms with Gasteiger partial charge in [-0.1, -0.05) is 35.3 Å². The number of nitrogens with one attached hydrogen (secondary N) is 2. The maximum Gasteiger partial charge on any atom is 0.242 e. The van der Waals surface area contributed by atoms with Gasteiger partial charge in [0.05, 0.1) is 22.9 Å². The Morgan fingerprint density at radius 3 is 2.71 bits per heavy atom. The molecule has 1 atom stereocenters. The fourth-order valence-corrected chi connectivity index (χ4v) is 2.52. The first-order valence-electron chi connectivity index (χ1n) is 7.49. The number of rotatable bonds is 7. The summed E-state index contributed by atoms with van der Waals surface area (Å²) < 4.78 is 5.13. The van der Waals surface area contributed by atoms with Gasteiger partial charge in [0.15, 0.2) is 0 Å². The van der Waals surface area contributed by atoms with E-state index in [-0.39, 0.29) is 24.8 Å². The molecule has 24 heavy (non-hydrogen) atoms. The Bertz CT molecular complexity index is 702. The van der Waals surface area contributed by atoms with Crippen molar-refractivity contribution >= 4 is 35.0 Å². The summed E-state index contributed by atoms with van der Waals surface area (Å²) in [4.78, 5) is 23.9. The highest BCUT2D eigenvalue weighted by molar-refractivity contribution is 6.42. The smallest absolute Gasteiger partial charge is 0.242 e. The number of hydrogen-bond donors (Lipinski definition) is 2. The molecule has 1 heterocycles. The molecule has 0 fully saturated rings. The maximum absolute atomic E-state index is 12.0. The Hall–Kier alpha value is -1.98. The van der Waals surface area contributed by atoms with Gasteiger partial charge in [0, 0.05) is 6.42 Å². The van der Waals surface area contributed by atoms with Crippen LogP contribution in [-0.2, 0) is 22.6 Å². The average Bonchev–Trinajstić information content (AvgIpc) is 3.07. The second kappa shape index (κ2) is 8.76. The zero-order valence-corrected chi connectivity index (χ0v) is 14.7. The molecule has 2 amide bonds. The van der Waals surface area contributed by atoms with Gasteiger partial charge in [0.25, 0.3) is 0 Å². The number of aryl methyl sites for hydroxylation is 1. The van der Waals surface area contributed by atoms with E-state index in [1.165, 1.54) is 6.26 Å². The highest BCUT2D eigenvalue weighted by atomic mass is 35.5. The third-order valence-corrected chi connectivity index (χ3v) is 4.30. The number of amides is 2. The van der Waals surface area contributed by atoms with E-state index >= 15 is 0 Å². The lowest BCUT2D eigenvalue weighted by atomic mass is 10.1.